The van der Waals surface area contributed by atoms with E-state index in [1.54, 1.807) is 35.2 Å². The highest BCUT2D eigenvalue weighted by molar-refractivity contribution is 6.42. The van der Waals surface area contributed by atoms with E-state index in [4.69, 9.17) is 28.3 Å². The molecule has 0 bridgehead atoms. The molecule has 0 radical (unpaired) electrons. The van der Waals surface area contributed by atoms with E-state index in [9.17, 15) is 5.11 Å². The quantitative estimate of drug-likeness (QED) is 0.906. The highest BCUT2D eigenvalue weighted by atomic mass is 35.5. The Morgan fingerprint density at radius 1 is 1.28 bits per heavy atom. The molecule has 0 aliphatic heterocycles. The van der Waals surface area contributed by atoms with Crippen molar-refractivity contribution in [2.45, 2.75) is 12.6 Å². The fourth-order valence-corrected chi connectivity index (χ4v) is 1.93. The highest BCUT2D eigenvalue weighted by Gasteiger charge is 2.11. The Labute approximate surface area is 114 Å². The van der Waals surface area contributed by atoms with E-state index in [1.807, 2.05) is 0 Å². The van der Waals surface area contributed by atoms with Crippen LogP contribution in [0.1, 0.15) is 0 Å². The number of halogens is 2. The van der Waals surface area contributed by atoms with Gasteiger partial charge in [-0.1, -0.05) is 23.2 Å². The molecule has 1 unspecified atom stereocenters. The van der Waals surface area contributed by atoms with Gasteiger partial charge in [0, 0.05) is 18.0 Å². The Bertz CT molecular complexity index is 543. The molecule has 0 aliphatic carbocycles. The molecule has 1 aromatic heterocycles. The van der Waals surface area contributed by atoms with Gasteiger partial charge in [0.05, 0.1) is 29.3 Å². The molecule has 0 spiro atoms. The van der Waals surface area contributed by atoms with Crippen LogP contribution in [0.2, 0.25) is 10.0 Å². The average molecular weight is 287 g/mol. The summed E-state index contributed by atoms with van der Waals surface area (Å²) in [4.78, 5) is 4.21. The predicted molar refractivity (Wildman–Crippen MR) is 70.8 cm³/mol. The summed E-state index contributed by atoms with van der Waals surface area (Å²) < 4.78 is 1.75. The SMILES string of the molecule is OCC(O)Cn1ccnc1-c1ccc(Cl)c(Cl)c1. The topological polar surface area (TPSA) is 58.3 Å². The number of aromatic nitrogens is 2. The smallest absolute Gasteiger partial charge is 0.140 e. The lowest BCUT2D eigenvalue weighted by molar-refractivity contribution is 0.0816. The Kier molecular flexibility index (Phi) is 4.24. The summed E-state index contributed by atoms with van der Waals surface area (Å²) in [5.41, 5.74) is 0.805. The summed E-state index contributed by atoms with van der Waals surface area (Å²) in [5.74, 6) is 0.668. The van der Waals surface area contributed by atoms with Crippen LogP contribution in [-0.4, -0.2) is 32.5 Å². The largest absolute Gasteiger partial charge is 0.394 e. The van der Waals surface area contributed by atoms with E-state index in [0.29, 0.717) is 15.9 Å². The van der Waals surface area contributed by atoms with Gasteiger partial charge in [0.25, 0.3) is 0 Å². The van der Waals surface area contributed by atoms with Gasteiger partial charge in [-0.3, -0.25) is 0 Å². The van der Waals surface area contributed by atoms with Crippen molar-refractivity contribution < 1.29 is 10.2 Å². The molecule has 0 aliphatic rings. The summed E-state index contributed by atoms with van der Waals surface area (Å²) in [6.45, 7) is -0.0227. The summed E-state index contributed by atoms with van der Waals surface area (Å²) >= 11 is 11.8. The van der Waals surface area contributed by atoms with Gasteiger partial charge >= 0.3 is 0 Å². The van der Waals surface area contributed by atoms with Crippen molar-refractivity contribution in [1.82, 2.24) is 9.55 Å². The van der Waals surface area contributed by atoms with E-state index in [0.717, 1.165) is 5.56 Å². The molecule has 1 aromatic carbocycles. The Morgan fingerprint density at radius 2 is 2.06 bits per heavy atom. The highest BCUT2D eigenvalue weighted by Crippen LogP contribution is 2.27. The summed E-state index contributed by atoms with van der Waals surface area (Å²) in [5, 5.41) is 19.2. The van der Waals surface area contributed by atoms with Crippen LogP contribution in [-0.2, 0) is 6.54 Å². The Balaban J connectivity index is 2.33. The van der Waals surface area contributed by atoms with Crippen molar-refractivity contribution in [2.24, 2.45) is 0 Å². The molecule has 0 saturated carbocycles. The third-order valence-electron chi connectivity index (χ3n) is 2.51. The predicted octanol–water partition coefficient (Wildman–Crippen LogP) is 2.21. The molecular weight excluding hydrogens is 275 g/mol. The van der Waals surface area contributed by atoms with E-state index in [-0.39, 0.29) is 13.2 Å². The number of imidazole rings is 1. The minimum Gasteiger partial charge on any atom is -0.394 e. The minimum absolute atomic E-state index is 0.270. The fraction of sp³-hybridized carbons (Fsp3) is 0.250. The van der Waals surface area contributed by atoms with E-state index in [2.05, 4.69) is 4.98 Å². The van der Waals surface area contributed by atoms with Gasteiger partial charge in [0.1, 0.15) is 5.82 Å². The number of benzene rings is 1. The number of nitrogens with zero attached hydrogens (tertiary/aromatic N) is 2. The lowest BCUT2D eigenvalue weighted by Gasteiger charge is -2.11. The van der Waals surface area contributed by atoms with Gasteiger partial charge in [-0.25, -0.2) is 4.98 Å². The van der Waals surface area contributed by atoms with E-state index < -0.39 is 6.10 Å². The standard InChI is InChI=1S/C12H12Cl2N2O2/c13-10-2-1-8(5-11(10)14)12-15-3-4-16(12)6-9(18)7-17/h1-5,9,17-18H,6-7H2. The number of hydrogen-bond acceptors (Lipinski definition) is 3. The maximum absolute atomic E-state index is 9.45. The monoisotopic (exact) mass is 286 g/mol. The van der Waals surface area contributed by atoms with Gasteiger partial charge in [-0.05, 0) is 18.2 Å². The first-order chi connectivity index (χ1) is 8.61. The zero-order chi connectivity index (χ0) is 13.1. The first-order valence-electron chi connectivity index (χ1n) is 5.37. The fourth-order valence-electron chi connectivity index (χ4n) is 1.64. The van der Waals surface area contributed by atoms with Crippen LogP contribution in [0.15, 0.2) is 30.6 Å². The van der Waals surface area contributed by atoms with Crippen molar-refractivity contribution >= 4 is 23.2 Å². The summed E-state index contributed by atoms with van der Waals surface area (Å²) in [6, 6.07) is 5.22. The normalized spacial score (nSPS) is 12.7. The van der Waals surface area contributed by atoms with Gasteiger partial charge in [0.2, 0.25) is 0 Å². The molecule has 0 fully saturated rings. The number of aliphatic hydroxyl groups excluding tert-OH is 2. The third kappa shape index (κ3) is 2.84. The molecule has 0 amide bonds. The van der Waals surface area contributed by atoms with Crippen molar-refractivity contribution in [1.29, 1.82) is 0 Å². The molecule has 2 rings (SSSR count). The van der Waals surface area contributed by atoms with Crippen molar-refractivity contribution in [3.8, 4) is 11.4 Å². The second-order valence-electron chi connectivity index (χ2n) is 3.87. The van der Waals surface area contributed by atoms with Crippen LogP contribution < -0.4 is 0 Å². The Morgan fingerprint density at radius 3 is 2.72 bits per heavy atom. The van der Waals surface area contributed by atoms with Crippen molar-refractivity contribution in [2.75, 3.05) is 6.61 Å². The van der Waals surface area contributed by atoms with Crippen molar-refractivity contribution in [3.05, 3.63) is 40.6 Å². The molecule has 2 aromatic rings. The average Bonchev–Trinajstić information content (AvgIpc) is 2.80. The number of aliphatic hydroxyl groups is 2. The maximum Gasteiger partial charge on any atom is 0.140 e. The lowest BCUT2D eigenvalue weighted by atomic mass is 10.2. The first kappa shape index (κ1) is 13.4. The van der Waals surface area contributed by atoms with Crippen LogP contribution in [0.25, 0.3) is 11.4 Å². The van der Waals surface area contributed by atoms with Crippen LogP contribution in [0.3, 0.4) is 0 Å². The van der Waals surface area contributed by atoms with E-state index in [1.165, 1.54) is 0 Å². The molecular formula is C12H12Cl2N2O2. The minimum atomic E-state index is -0.819. The van der Waals surface area contributed by atoms with Crippen LogP contribution in [0, 0.1) is 0 Å². The second kappa shape index (κ2) is 5.71. The molecule has 1 atom stereocenters. The first-order valence-corrected chi connectivity index (χ1v) is 6.13. The van der Waals surface area contributed by atoms with Gasteiger partial charge < -0.3 is 14.8 Å². The molecule has 96 valence electrons. The lowest BCUT2D eigenvalue weighted by Crippen LogP contribution is -2.19. The Hall–Kier alpha value is -1.07. The van der Waals surface area contributed by atoms with Crippen LogP contribution >= 0.6 is 23.2 Å². The third-order valence-corrected chi connectivity index (χ3v) is 3.25. The van der Waals surface area contributed by atoms with Crippen LogP contribution in [0.4, 0.5) is 0 Å². The zero-order valence-corrected chi connectivity index (χ0v) is 10.9. The zero-order valence-electron chi connectivity index (χ0n) is 9.42. The molecule has 2 N–H and O–H groups in total. The van der Waals surface area contributed by atoms with Gasteiger partial charge in [-0.2, -0.15) is 0 Å². The molecule has 18 heavy (non-hydrogen) atoms. The molecule has 0 saturated heterocycles. The number of hydrogen-bond donors (Lipinski definition) is 2. The molecule has 1 heterocycles. The van der Waals surface area contributed by atoms with Gasteiger partial charge in [0.15, 0.2) is 0 Å². The second-order valence-corrected chi connectivity index (χ2v) is 4.68. The maximum atomic E-state index is 9.45. The number of rotatable bonds is 4. The van der Waals surface area contributed by atoms with E-state index >= 15 is 0 Å². The van der Waals surface area contributed by atoms with Crippen molar-refractivity contribution in [3.63, 3.8) is 0 Å². The van der Waals surface area contributed by atoms with Gasteiger partial charge in [-0.15, -0.1) is 0 Å². The summed E-state index contributed by atoms with van der Waals surface area (Å²) in [6.07, 6.45) is 2.54. The summed E-state index contributed by atoms with van der Waals surface area (Å²) in [7, 11) is 0. The molecule has 6 heteroatoms. The molecule has 4 nitrogen and oxygen atoms in total. The van der Waals surface area contributed by atoms with Crippen LogP contribution in [0.5, 0.6) is 0 Å².